The number of allylic oxidation sites excluding steroid dienone is 1. The van der Waals surface area contributed by atoms with Gasteiger partial charge in [0.05, 0.1) is 9.80 Å². The molecule has 0 radical (unpaired) electrons. The van der Waals surface area contributed by atoms with Crippen LogP contribution in [0.15, 0.2) is 46.4 Å². The van der Waals surface area contributed by atoms with E-state index in [1.165, 1.54) is 31.2 Å². The Morgan fingerprint density at radius 2 is 1.86 bits per heavy atom. The number of hydrogen-bond acceptors (Lipinski definition) is 2. The van der Waals surface area contributed by atoms with Crippen molar-refractivity contribution in [1.82, 2.24) is 0 Å². The van der Waals surface area contributed by atoms with Crippen molar-refractivity contribution in [3.8, 4) is 0 Å². The summed E-state index contributed by atoms with van der Waals surface area (Å²) in [5, 5.41) is 0.504. The Kier molecular flexibility index (Phi) is 3.17. The minimum absolute atomic E-state index is 0.111. The summed E-state index contributed by atoms with van der Waals surface area (Å²) in [4.78, 5) is 0.315. The normalized spacial score (nSPS) is 10.7. The smallest absolute Gasteiger partial charge is 0.209 e. The second-order valence-corrected chi connectivity index (χ2v) is 5.22. The summed E-state index contributed by atoms with van der Waals surface area (Å²) < 4.78 is 23.4. The summed E-state index contributed by atoms with van der Waals surface area (Å²) in [6, 6.07) is 5.98. The van der Waals surface area contributed by atoms with Crippen LogP contribution in [0.4, 0.5) is 0 Å². The van der Waals surface area contributed by atoms with Crippen LogP contribution < -0.4 is 0 Å². The Morgan fingerprint density at radius 1 is 1.36 bits per heavy atom. The zero-order chi connectivity index (χ0) is 10.8. The molecule has 0 atom stereocenters. The van der Waals surface area contributed by atoms with Crippen molar-refractivity contribution in [2.75, 3.05) is 0 Å². The van der Waals surface area contributed by atoms with Crippen LogP contribution in [0.2, 0.25) is 5.02 Å². The van der Waals surface area contributed by atoms with Gasteiger partial charge in [0.1, 0.15) is 0 Å². The van der Waals surface area contributed by atoms with Crippen LogP contribution in [0.5, 0.6) is 0 Å². The molecule has 0 heterocycles. The van der Waals surface area contributed by atoms with Crippen LogP contribution in [0.1, 0.15) is 6.92 Å². The minimum Gasteiger partial charge on any atom is -0.218 e. The second kappa shape index (κ2) is 4.01. The number of rotatable bonds is 2. The minimum atomic E-state index is -3.42. The molecule has 0 saturated heterocycles. The van der Waals surface area contributed by atoms with Gasteiger partial charge in [-0.15, -0.1) is 5.73 Å². The van der Waals surface area contributed by atoms with E-state index in [4.69, 9.17) is 11.6 Å². The highest BCUT2D eigenvalue weighted by Crippen LogP contribution is 2.19. The van der Waals surface area contributed by atoms with Gasteiger partial charge in [-0.2, -0.15) is 0 Å². The first-order chi connectivity index (χ1) is 6.48. The molecule has 0 bridgehead atoms. The Hall–Kier alpha value is -1.02. The van der Waals surface area contributed by atoms with E-state index in [0.717, 1.165) is 0 Å². The molecule has 0 spiro atoms. The third-order valence-corrected chi connectivity index (χ3v) is 3.87. The van der Waals surface area contributed by atoms with E-state index in [9.17, 15) is 8.42 Å². The topological polar surface area (TPSA) is 34.1 Å². The third-order valence-electron chi connectivity index (χ3n) is 1.78. The fourth-order valence-electron chi connectivity index (χ4n) is 0.886. The Morgan fingerprint density at radius 3 is 2.29 bits per heavy atom. The lowest BCUT2D eigenvalue weighted by atomic mass is 10.4. The quantitative estimate of drug-likeness (QED) is 0.730. The van der Waals surface area contributed by atoms with Crippen molar-refractivity contribution in [3.05, 3.63) is 46.5 Å². The number of halogens is 1. The predicted octanol–water partition coefficient (Wildman–Crippen LogP) is 2.80. The largest absolute Gasteiger partial charge is 0.218 e. The molecule has 4 heteroatoms. The van der Waals surface area contributed by atoms with Crippen LogP contribution in [-0.4, -0.2) is 8.42 Å². The lowest BCUT2D eigenvalue weighted by Crippen LogP contribution is -2.00. The molecule has 0 N–H and O–H groups in total. The van der Waals surface area contributed by atoms with Crippen LogP contribution in [-0.2, 0) is 9.84 Å². The number of benzene rings is 1. The van der Waals surface area contributed by atoms with Gasteiger partial charge in [-0.1, -0.05) is 18.2 Å². The zero-order valence-corrected chi connectivity index (χ0v) is 9.19. The van der Waals surface area contributed by atoms with Crippen molar-refractivity contribution in [3.63, 3.8) is 0 Å². The Balaban J connectivity index is 3.32. The van der Waals surface area contributed by atoms with Crippen LogP contribution in [0, 0.1) is 0 Å². The van der Waals surface area contributed by atoms with Crippen LogP contribution in [0.25, 0.3) is 0 Å². The van der Waals surface area contributed by atoms with Gasteiger partial charge in [0, 0.05) is 5.02 Å². The predicted molar refractivity (Wildman–Crippen MR) is 57.0 cm³/mol. The van der Waals surface area contributed by atoms with Gasteiger partial charge in [0.15, 0.2) is 0 Å². The lowest BCUT2D eigenvalue weighted by Gasteiger charge is -2.01. The highest BCUT2D eigenvalue weighted by Gasteiger charge is 2.15. The molecule has 0 aliphatic rings. The van der Waals surface area contributed by atoms with Gasteiger partial charge < -0.3 is 0 Å². The van der Waals surface area contributed by atoms with Gasteiger partial charge >= 0.3 is 0 Å². The molecular weight excluding hydrogens is 220 g/mol. The average Bonchev–Trinajstić information content (AvgIpc) is 2.17. The van der Waals surface area contributed by atoms with Gasteiger partial charge in [0.25, 0.3) is 0 Å². The summed E-state index contributed by atoms with van der Waals surface area (Å²) in [7, 11) is -3.42. The summed E-state index contributed by atoms with van der Waals surface area (Å²) >= 11 is 5.65. The molecule has 0 fully saturated rings. The number of hydrogen-bond donors (Lipinski definition) is 0. The first-order valence-electron chi connectivity index (χ1n) is 3.86. The average molecular weight is 229 g/mol. The van der Waals surface area contributed by atoms with E-state index in [1.54, 1.807) is 0 Å². The van der Waals surface area contributed by atoms with Gasteiger partial charge in [-0.3, -0.25) is 0 Å². The summed E-state index contributed by atoms with van der Waals surface area (Å²) in [5.41, 5.74) is 2.36. The number of sulfone groups is 1. The summed E-state index contributed by atoms with van der Waals surface area (Å²) in [5.74, 6) is 0. The Bertz CT molecular complexity index is 479. The van der Waals surface area contributed by atoms with Crippen molar-refractivity contribution in [2.24, 2.45) is 0 Å². The van der Waals surface area contributed by atoms with Gasteiger partial charge in [0.2, 0.25) is 9.84 Å². The molecule has 1 aromatic rings. The first kappa shape index (κ1) is 11.1. The van der Waals surface area contributed by atoms with E-state index >= 15 is 0 Å². The monoisotopic (exact) mass is 228 g/mol. The fraction of sp³-hybridized carbons (Fsp3) is 0.100. The third kappa shape index (κ3) is 2.07. The van der Waals surface area contributed by atoms with E-state index in [0.29, 0.717) is 5.02 Å². The lowest BCUT2D eigenvalue weighted by molar-refractivity contribution is 0.602. The standard InChI is InChI=1S/C10H9ClO2S/c1-3-8(2)14(12,13)10-6-4-9(11)5-7-10/h4-7H,1H2,2H3. The van der Waals surface area contributed by atoms with E-state index < -0.39 is 9.84 Å². The molecule has 2 nitrogen and oxygen atoms in total. The molecule has 0 aromatic heterocycles. The highest BCUT2D eigenvalue weighted by atomic mass is 35.5. The molecule has 0 aliphatic carbocycles. The molecule has 0 aliphatic heterocycles. The van der Waals surface area contributed by atoms with Crippen LogP contribution >= 0.6 is 11.6 Å². The maximum Gasteiger partial charge on any atom is 0.209 e. The SMILES string of the molecule is C=C=C(C)S(=O)(=O)c1ccc(Cl)cc1. The summed E-state index contributed by atoms with van der Waals surface area (Å²) in [6.07, 6.45) is 0. The molecular formula is C10H9ClO2S. The van der Waals surface area contributed by atoms with Gasteiger partial charge in [-0.25, -0.2) is 8.42 Å². The maximum atomic E-state index is 11.7. The summed E-state index contributed by atoms with van der Waals surface area (Å²) in [6.45, 7) is 4.76. The fourth-order valence-corrected chi connectivity index (χ4v) is 2.05. The molecule has 1 aromatic carbocycles. The molecule has 74 valence electrons. The second-order valence-electron chi connectivity index (χ2n) is 2.69. The van der Waals surface area contributed by atoms with Crippen molar-refractivity contribution in [1.29, 1.82) is 0 Å². The van der Waals surface area contributed by atoms with E-state index in [1.807, 2.05) is 0 Å². The van der Waals surface area contributed by atoms with Crippen molar-refractivity contribution in [2.45, 2.75) is 11.8 Å². The van der Waals surface area contributed by atoms with Crippen molar-refractivity contribution < 1.29 is 8.42 Å². The van der Waals surface area contributed by atoms with Crippen LogP contribution in [0.3, 0.4) is 0 Å². The molecule has 14 heavy (non-hydrogen) atoms. The van der Waals surface area contributed by atoms with E-state index in [-0.39, 0.29) is 9.80 Å². The maximum absolute atomic E-state index is 11.7. The van der Waals surface area contributed by atoms with Gasteiger partial charge in [-0.05, 0) is 31.2 Å². The highest BCUT2D eigenvalue weighted by molar-refractivity contribution is 7.95. The zero-order valence-electron chi connectivity index (χ0n) is 7.62. The molecule has 0 unspecified atom stereocenters. The molecule has 1 rings (SSSR count). The van der Waals surface area contributed by atoms with Crippen molar-refractivity contribution >= 4 is 21.4 Å². The Labute approximate surface area is 88.4 Å². The molecule has 0 amide bonds. The molecule has 0 saturated carbocycles. The van der Waals surface area contributed by atoms with E-state index in [2.05, 4.69) is 12.3 Å². The first-order valence-corrected chi connectivity index (χ1v) is 5.72.